The van der Waals surface area contributed by atoms with Gasteiger partial charge in [0.25, 0.3) is 0 Å². The Balaban J connectivity index is 2.53. The molecule has 0 spiro atoms. The Bertz CT molecular complexity index is 970. The molecule has 0 saturated carbocycles. The fourth-order valence-electron chi connectivity index (χ4n) is 1.90. The number of benzene rings is 2. The van der Waals surface area contributed by atoms with Crippen molar-refractivity contribution in [3.63, 3.8) is 0 Å². The monoisotopic (exact) mass is 368 g/mol. The molecule has 11 heteroatoms. The van der Waals surface area contributed by atoms with E-state index in [1.807, 2.05) is 0 Å². The molecule has 0 aliphatic heterocycles. The van der Waals surface area contributed by atoms with Crippen LogP contribution in [-0.4, -0.2) is 8.76 Å². The lowest BCUT2D eigenvalue weighted by atomic mass is 10.1. The van der Waals surface area contributed by atoms with Crippen molar-refractivity contribution in [1.29, 1.82) is 10.5 Å². The average molecular weight is 368 g/mol. The first-order chi connectivity index (χ1) is 11.8. The van der Waals surface area contributed by atoms with Gasteiger partial charge in [-0.05, 0) is 18.2 Å². The highest BCUT2D eigenvalue weighted by atomic mass is 32.2. The van der Waals surface area contributed by atoms with E-state index in [1.54, 1.807) is 0 Å². The Hall–Kier alpha value is -3.28. The third kappa shape index (κ3) is 3.47. The number of hydrogen-bond acceptors (Lipinski definition) is 6. The fraction of sp³-hybridized carbons (Fsp3) is 0. The van der Waals surface area contributed by atoms with Crippen molar-refractivity contribution in [1.82, 2.24) is 0 Å². The van der Waals surface area contributed by atoms with Crippen LogP contribution in [0.3, 0.4) is 0 Å². The highest BCUT2D eigenvalue weighted by Crippen LogP contribution is 2.33. The van der Waals surface area contributed by atoms with E-state index in [0.717, 1.165) is 12.1 Å². The van der Waals surface area contributed by atoms with Gasteiger partial charge < -0.3 is 15.2 Å². The molecule has 128 valence electrons. The van der Waals surface area contributed by atoms with Gasteiger partial charge in [-0.15, -0.1) is 0 Å². The van der Waals surface area contributed by atoms with Crippen molar-refractivity contribution in [2.75, 3.05) is 11.1 Å². The number of nitrogen functional groups attached to an aromatic ring is 1. The topological polar surface area (TPSA) is 132 Å². The maximum absolute atomic E-state index is 14.2. The maximum Gasteiger partial charge on any atom is 0.357 e. The molecule has 0 aromatic heterocycles. The zero-order chi connectivity index (χ0) is 18.7. The van der Waals surface area contributed by atoms with Gasteiger partial charge in [0.15, 0.2) is 23.2 Å². The van der Waals surface area contributed by atoms with Crippen molar-refractivity contribution in [2.45, 2.75) is 0 Å². The normalized spacial score (nSPS) is 11.3. The largest absolute Gasteiger partial charge is 0.396 e. The number of nitrogens with one attached hydrogen (secondary N) is 1. The van der Waals surface area contributed by atoms with E-state index in [4.69, 9.17) is 20.8 Å². The smallest absolute Gasteiger partial charge is 0.357 e. The zero-order valence-electron chi connectivity index (χ0n) is 12.0. The van der Waals surface area contributed by atoms with Gasteiger partial charge in [-0.2, -0.15) is 14.7 Å². The van der Waals surface area contributed by atoms with Crippen LogP contribution in [0, 0.1) is 40.1 Å². The Morgan fingerprint density at radius 3 is 2.24 bits per heavy atom. The van der Waals surface area contributed by atoms with Gasteiger partial charge in [0, 0.05) is 5.69 Å². The summed E-state index contributed by atoms with van der Waals surface area (Å²) < 4.78 is 65.3. The van der Waals surface area contributed by atoms with Crippen LogP contribution in [0.4, 0.5) is 30.2 Å². The Kier molecular flexibility index (Phi) is 5.12. The minimum Gasteiger partial charge on any atom is -0.396 e. The fourth-order valence-corrected chi connectivity index (χ4v) is 2.21. The van der Waals surface area contributed by atoms with Crippen LogP contribution >= 0.6 is 0 Å². The number of halogens is 3. The van der Waals surface area contributed by atoms with Crippen molar-refractivity contribution in [3.8, 4) is 17.9 Å². The first-order valence-corrected chi connectivity index (χ1v) is 7.29. The number of nitrogens with zero attached hydrogens (tertiary/aromatic N) is 2. The molecule has 7 nitrogen and oxygen atoms in total. The lowest BCUT2D eigenvalue weighted by Crippen LogP contribution is -2.07. The molecule has 0 heterocycles. The summed E-state index contributed by atoms with van der Waals surface area (Å²) in [5.74, 6) is -5.05. The van der Waals surface area contributed by atoms with Crippen molar-refractivity contribution >= 4 is 28.4 Å². The van der Waals surface area contributed by atoms with Crippen LogP contribution in [0.25, 0.3) is 0 Å². The minimum absolute atomic E-state index is 0.0267. The van der Waals surface area contributed by atoms with Crippen LogP contribution in [0.1, 0.15) is 11.1 Å². The van der Waals surface area contributed by atoms with Crippen LogP contribution in [0.15, 0.2) is 18.2 Å². The number of nitriles is 2. The van der Waals surface area contributed by atoms with E-state index < -0.39 is 45.6 Å². The third-order valence-electron chi connectivity index (χ3n) is 2.98. The molecule has 2 aromatic rings. The van der Waals surface area contributed by atoms with Gasteiger partial charge in [0.2, 0.25) is 0 Å². The summed E-state index contributed by atoms with van der Waals surface area (Å²) in [6.07, 6.45) is 0. The lowest BCUT2D eigenvalue weighted by Gasteiger charge is -2.13. The zero-order valence-corrected chi connectivity index (χ0v) is 12.8. The van der Waals surface area contributed by atoms with E-state index >= 15 is 0 Å². The summed E-state index contributed by atoms with van der Waals surface area (Å²) in [5.41, 5.74) is 2.57. The van der Waals surface area contributed by atoms with Gasteiger partial charge in [0.1, 0.15) is 23.3 Å². The molecule has 1 atom stereocenters. The lowest BCUT2D eigenvalue weighted by molar-refractivity contribution is 0.459. The summed E-state index contributed by atoms with van der Waals surface area (Å²) in [4.78, 5) is 0. The van der Waals surface area contributed by atoms with Crippen molar-refractivity contribution in [3.05, 3.63) is 46.8 Å². The van der Waals surface area contributed by atoms with Crippen LogP contribution in [-0.2, 0) is 11.4 Å². The van der Waals surface area contributed by atoms with Crippen molar-refractivity contribution in [2.24, 2.45) is 0 Å². The summed E-state index contributed by atoms with van der Waals surface area (Å²) in [5, 5.41) is 20.0. The molecule has 0 aliphatic carbocycles. The van der Waals surface area contributed by atoms with Gasteiger partial charge >= 0.3 is 11.4 Å². The van der Waals surface area contributed by atoms with Gasteiger partial charge in [0.05, 0.1) is 11.4 Å². The summed E-state index contributed by atoms with van der Waals surface area (Å²) in [6.45, 7) is 0. The number of nitrogens with two attached hydrogens (primary N) is 1. The number of anilines is 3. The van der Waals surface area contributed by atoms with Crippen LogP contribution in [0.2, 0.25) is 0 Å². The van der Waals surface area contributed by atoms with Crippen LogP contribution in [0.5, 0.6) is 5.75 Å². The van der Waals surface area contributed by atoms with E-state index in [0.29, 0.717) is 0 Å². The second-order valence-electron chi connectivity index (χ2n) is 4.47. The minimum atomic E-state index is -2.62. The Labute approximate surface area is 141 Å². The number of rotatable bonds is 4. The molecule has 0 bridgehead atoms. The van der Waals surface area contributed by atoms with E-state index in [1.165, 1.54) is 18.2 Å². The molecular weight excluding hydrogens is 361 g/mol. The second kappa shape index (κ2) is 7.09. The number of hydrogen-bond donors (Lipinski definition) is 3. The molecule has 2 rings (SSSR count). The Morgan fingerprint density at radius 2 is 1.72 bits per heavy atom. The molecule has 2 aromatic carbocycles. The highest BCUT2D eigenvalue weighted by molar-refractivity contribution is 7.74. The molecule has 0 radical (unpaired) electrons. The quantitative estimate of drug-likeness (QED) is 0.429. The van der Waals surface area contributed by atoms with Gasteiger partial charge in [-0.3, -0.25) is 4.55 Å². The summed E-state index contributed by atoms with van der Waals surface area (Å²) in [7, 11) is 0. The second-order valence-corrected chi connectivity index (χ2v) is 5.07. The molecule has 0 aliphatic rings. The van der Waals surface area contributed by atoms with E-state index in [-0.39, 0.29) is 17.1 Å². The van der Waals surface area contributed by atoms with E-state index in [9.17, 15) is 17.4 Å². The molecule has 0 fully saturated rings. The van der Waals surface area contributed by atoms with Gasteiger partial charge in [-0.1, -0.05) is 0 Å². The van der Waals surface area contributed by atoms with E-state index in [2.05, 4.69) is 9.50 Å². The van der Waals surface area contributed by atoms with Crippen molar-refractivity contribution < 1.29 is 26.1 Å². The first-order valence-electron chi connectivity index (χ1n) is 6.26. The first kappa shape index (κ1) is 18.1. The summed E-state index contributed by atoms with van der Waals surface area (Å²) in [6, 6.07) is 5.99. The Morgan fingerprint density at radius 1 is 1.12 bits per heavy atom. The molecule has 25 heavy (non-hydrogen) atoms. The maximum atomic E-state index is 14.2. The molecule has 0 saturated heterocycles. The standard InChI is InChI=1S/C14H7F3N4O3S/c15-11-7(4-18)13(17)14(8(5-19)12(11)16)21-6-1-2-10(9(20)3-6)24-25(22)23/h1-3,21H,20H2,(H,22,23). The average Bonchev–Trinajstić information content (AvgIpc) is 2.55. The highest BCUT2D eigenvalue weighted by Gasteiger charge is 2.25. The molecule has 4 N–H and O–H groups in total. The molecule has 1 unspecified atom stereocenters. The molecular formula is C14H7F3N4O3S. The summed E-state index contributed by atoms with van der Waals surface area (Å²) >= 11 is -2.62. The SMILES string of the molecule is N#Cc1c(F)c(F)c(C#N)c(Nc2ccc(OS(=O)O)c(N)c2)c1F. The van der Waals surface area contributed by atoms with Gasteiger partial charge in [-0.25, -0.2) is 13.2 Å². The van der Waals surface area contributed by atoms with Crippen LogP contribution < -0.4 is 15.2 Å². The predicted molar refractivity (Wildman–Crippen MR) is 81.3 cm³/mol. The predicted octanol–water partition coefficient (Wildman–Crippen LogP) is 2.69. The third-order valence-corrected chi connectivity index (χ3v) is 3.31. The molecule has 0 amide bonds.